The highest BCUT2D eigenvalue weighted by atomic mass is 16.3. The van der Waals surface area contributed by atoms with Gasteiger partial charge in [-0.1, -0.05) is 24.3 Å². The number of hydrogen-bond acceptors (Lipinski definition) is 3. The van der Waals surface area contributed by atoms with E-state index < -0.39 is 0 Å². The Morgan fingerprint density at radius 3 is 2.65 bits per heavy atom. The number of aliphatic hydroxyl groups is 1. The molecule has 4 nitrogen and oxygen atoms in total. The maximum absolute atomic E-state index is 10.00. The zero-order chi connectivity index (χ0) is 21.8. The summed E-state index contributed by atoms with van der Waals surface area (Å²) < 4.78 is 2.40. The summed E-state index contributed by atoms with van der Waals surface area (Å²) in [5.74, 6) is 0. The average Bonchev–Trinajstić information content (AvgIpc) is 3.10. The Labute approximate surface area is 183 Å². The highest BCUT2D eigenvalue weighted by Crippen LogP contribution is 2.42. The summed E-state index contributed by atoms with van der Waals surface area (Å²) >= 11 is 0. The lowest BCUT2D eigenvalue weighted by atomic mass is 9.91. The Hall–Kier alpha value is -3.03. The Morgan fingerprint density at radius 1 is 1.13 bits per heavy atom. The summed E-state index contributed by atoms with van der Waals surface area (Å²) in [6.45, 7) is 6.35. The van der Waals surface area contributed by atoms with Crippen LogP contribution in [0.25, 0.3) is 28.1 Å². The fourth-order valence-electron chi connectivity index (χ4n) is 5.14. The Bertz CT molecular complexity index is 1230. The quantitative estimate of drug-likeness (QED) is 0.529. The van der Waals surface area contributed by atoms with Crippen molar-refractivity contribution in [1.29, 1.82) is 5.26 Å². The van der Waals surface area contributed by atoms with Gasteiger partial charge in [-0.3, -0.25) is 0 Å². The van der Waals surface area contributed by atoms with Gasteiger partial charge in [0, 0.05) is 40.0 Å². The topological polar surface area (TPSA) is 61.0 Å². The van der Waals surface area contributed by atoms with Crippen LogP contribution in [0.4, 0.5) is 5.69 Å². The van der Waals surface area contributed by atoms with Gasteiger partial charge in [0.1, 0.15) is 0 Å². The molecule has 5 rings (SSSR count). The van der Waals surface area contributed by atoms with Gasteiger partial charge in [-0.15, -0.1) is 0 Å². The number of nitrogens with zero attached hydrogens (tertiary/aromatic N) is 2. The largest absolute Gasteiger partial charge is 0.393 e. The third-order valence-electron chi connectivity index (χ3n) is 6.88. The zero-order valence-electron chi connectivity index (χ0n) is 18.4. The zero-order valence-corrected chi connectivity index (χ0v) is 18.4. The maximum Gasteiger partial charge on any atom is 0.0994 e. The number of aryl methyl sites for hydroxylation is 1. The Balaban J connectivity index is 1.72. The van der Waals surface area contributed by atoms with Gasteiger partial charge in [-0.25, -0.2) is 0 Å². The second-order valence-electron chi connectivity index (χ2n) is 9.66. The van der Waals surface area contributed by atoms with E-state index in [0.29, 0.717) is 6.04 Å². The minimum Gasteiger partial charge on any atom is -0.393 e. The lowest BCUT2D eigenvalue weighted by Gasteiger charge is -2.30. The van der Waals surface area contributed by atoms with Gasteiger partial charge < -0.3 is 15.0 Å². The van der Waals surface area contributed by atoms with Crippen molar-refractivity contribution < 1.29 is 5.11 Å². The molecule has 2 N–H and O–H groups in total. The first-order chi connectivity index (χ1) is 14.9. The van der Waals surface area contributed by atoms with Gasteiger partial charge in [0.15, 0.2) is 0 Å². The monoisotopic (exact) mass is 411 g/mol. The van der Waals surface area contributed by atoms with E-state index in [1.165, 1.54) is 22.2 Å². The van der Waals surface area contributed by atoms with Crippen molar-refractivity contribution in [3.63, 3.8) is 0 Å². The molecule has 1 fully saturated rings. The molecule has 2 aromatic carbocycles. The summed E-state index contributed by atoms with van der Waals surface area (Å²) in [4.78, 5) is 0. The van der Waals surface area contributed by atoms with Crippen LogP contribution in [0.1, 0.15) is 62.3 Å². The molecule has 0 atom stereocenters. The van der Waals surface area contributed by atoms with E-state index in [4.69, 9.17) is 0 Å². The first kappa shape index (κ1) is 19.9. The van der Waals surface area contributed by atoms with Crippen LogP contribution in [0.5, 0.6) is 0 Å². The molecule has 2 aliphatic rings. The van der Waals surface area contributed by atoms with Gasteiger partial charge in [0.05, 0.1) is 23.3 Å². The van der Waals surface area contributed by atoms with Crippen molar-refractivity contribution in [3.8, 4) is 17.2 Å². The van der Waals surface area contributed by atoms with E-state index in [1.54, 1.807) is 0 Å². The number of benzene rings is 2. The molecular weight excluding hydrogens is 382 g/mol. The third-order valence-corrected chi connectivity index (χ3v) is 6.88. The number of aromatic nitrogens is 1. The van der Waals surface area contributed by atoms with Gasteiger partial charge in [-0.2, -0.15) is 5.26 Å². The predicted octanol–water partition coefficient (Wildman–Crippen LogP) is 6.18. The number of anilines is 1. The summed E-state index contributed by atoms with van der Waals surface area (Å²) in [5, 5.41) is 24.4. The summed E-state index contributed by atoms with van der Waals surface area (Å²) in [6.07, 6.45) is 10.2. The first-order valence-corrected chi connectivity index (χ1v) is 11.2. The molecule has 31 heavy (non-hydrogen) atoms. The molecule has 0 amide bonds. The fourth-order valence-corrected chi connectivity index (χ4v) is 5.14. The highest BCUT2D eigenvalue weighted by molar-refractivity contribution is 6.01. The molecule has 1 aromatic heterocycles. The van der Waals surface area contributed by atoms with Crippen LogP contribution in [0, 0.1) is 18.3 Å². The molecule has 0 unspecified atom stereocenters. The van der Waals surface area contributed by atoms with Gasteiger partial charge >= 0.3 is 0 Å². The van der Waals surface area contributed by atoms with Crippen LogP contribution < -0.4 is 5.32 Å². The molecule has 1 aliphatic carbocycles. The van der Waals surface area contributed by atoms with Crippen molar-refractivity contribution in [2.45, 2.75) is 64.1 Å². The highest BCUT2D eigenvalue weighted by Gasteiger charge is 2.26. The molecule has 2 heterocycles. The number of nitrogens with one attached hydrogen (secondary N) is 1. The summed E-state index contributed by atoms with van der Waals surface area (Å²) in [5.41, 5.74) is 7.52. The molecule has 0 saturated heterocycles. The number of rotatable bonds is 2. The van der Waals surface area contributed by atoms with Crippen molar-refractivity contribution in [1.82, 2.24) is 4.57 Å². The molecule has 4 heteroatoms. The van der Waals surface area contributed by atoms with Crippen molar-refractivity contribution in [3.05, 3.63) is 59.3 Å². The number of nitriles is 1. The van der Waals surface area contributed by atoms with Crippen LogP contribution in [-0.4, -0.2) is 21.3 Å². The summed E-state index contributed by atoms with van der Waals surface area (Å²) in [7, 11) is 0. The van der Waals surface area contributed by atoms with E-state index in [0.717, 1.165) is 47.9 Å². The van der Waals surface area contributed by atoms with Crippen LogP contribution in [0.3, 0.4) is 0 Å². The second-order valence-corrected chi connectivity index (χ2v) is 9.66. The first-order valence-electron chi connectivity index (χ1n) is 11.2. The van der Waals surface area contributed by atoms with Gasteiger partial charge in [0.2, 0.25) is 0 Å². The van der Waals surface area contributed by atoms with Gasteiger partial charge in [0.25, 0.3) is 0 Å². The Morgan fingerprint density at radius 2 is 1.90 bits per heavy atom. The minimum atomic E-state index is -0.176. The van der Waals surface area contributed by atoms with E-state index in [1.807, 2.05) is 6.92 Å². The van der Waals surface area contributed by atoms with Crippen molar-refractivity contribution in [2.24, 2.45) is 0 Å². The second kappa shape index (κ2) is 7.28. The maximum atomic E-state index is 10.00. The van der Waals surface area contributed by atoms with E-state index in [-0.39, 0.29) is 11.6 Å². The SMILES string of the molecule is Cc1cc2c(cc1C#N)c(-c1cccc3c1C=CC(C)(C)N3)cn2[C@H]1CC[C@@H](O)CC1. The minimum absolute atomic E-state index is 0.0757. The molecule has 0 radical (unpaired) electrons. The Kier molecular flexibility index (Phi) is 4.68. The average molecular weight is 412 g/mol. The van der Waals surface area contributed by atoms with E-state index >= 15 is 0 Å². The summed E-state index contributed by atoms with van der Waals surface area (Å²) in [6, 6.07) is 13.4. The molecule has 158 valence electrons. The molecule has 0 bridgehead atoms. The standard InChI is InChI=1S/C27H29N3O/c1-17-13-26-23(14-18(17)15-28)24(16-30(26)19-7-9-20(31)10-8-19)21-5-4-6-25-22(21)11-12-27(2,3)29-25/h4-6,11-14,16,19-20,29,31H,7-10H2,1-3H3/t19-,20+. The smallest absolute Gasteiger partial charge is 0.0994 e. The van der Waals surface area contributed by atoms with Crippen LogP contribution in [0.15, 0.2) is 42.6 Å². The van der Waals surface area contributed by atoms with E-state index in [9.17, 15) is 10.4 Å². The normalized spacial score (nSPS) is 22.0. The lowest BCUT2D eigenvalue weighted by molar-refractivity contribution is 0.111. The molecular formula is C27H29N3O. The van der Waals surface area contributed by atoms with E-state index in [2.05, 4.69) is 78.5 Å². The van der Waals surface area contributed by atoms with Crippen LogP contribution >= 0.6 is 0 Å². The van der Waals surface area contributed by atoms with Crippen molar-refractivity contribution >= 4 is 22.7 Å². The van der Waals surface area contributed by atoms with Crippen molar-refractivity contribution in [2.75, 3.05) is 5.32 Å². The molecule has 3 aromatic rings. The number of hydrogen-bond donors (Lipinski definition) is 2. The third kappa shape index (κ3) is 3.43. The van der Waals surface area contributed by atoms with Crippen LogP contribution in [-0.2, 0) is 0 Å². The lowest BCUT2D eigenvalue weighted by Crippen LogP contribution is -2.30. The molecule has 1 aliphatic heterocycles. The predicted molar refractivity (Wildman–Crippen MR) is 127 cm³/mol. The fraction of sp³-hybridized carbons (Fsp3) is 0.370. The molecule has 1 saturated carbocycles. The van der Waals surface area contributed by atoms with Crippen LogP contribution in [0.2, 0.25) is 0 Å². The number of aliphatic hydroxyl groups excluding tert-OH is 1. The van der Waals surface area contributed by atoms with Gasteiger partial charge in [-0.05, 0) is 75.8 Å². The number of fused-ring (bicyclic) bond motifs is 2. The molecule has 0 spiro atoms.